The molecule has 0 spiro atoms. The van der Waals surface area contributed by atoms with Gasteiger partial charge in [-0.25, -0.2) is 15.0 Å². The fourth-order valence-electron chi connectivity index (χ4n) is 2.61. The van der Waals surface area contributed by atoms with Gasteiger partial charge in [-0.05, 0) is 14.1 Å². The van der Waals surface area contributed by atoms with Gasteiger partial charge in [-0.3, -0.25) is 9.36 Å². The number of nitrogens with two attached hydrogens (primary N) is 1. The van der Waals surface area contributed by atoms with Crippen molar-refractivity contribution in [2.24, 2.45) is 0 Å². The van der Waals surface area contributed by atoms with Crippen molar-refractivity contribution < 1.29 is 19.7 Å². The number of nitrogens with zero attached hydrogens (tertiary/aromatic N) is 5. The Labute approximate surface area is 131 Å². The van der Waals surface area contributed by atoms with Crippen LogP contribution in [0.1, 0.15) is 6.23 Å². The normalized spacial score (nSPS) is 27.9. The molecule has 0 amide bonds. The predicted octanol–water partition coefficient (Wildman–Crippen LogP) is -1.84. The van der Waals surface area contributed by atoms with Gasteiger partial charge >= 0.3 is 0 Å². The Morgan fingerprint density at radius 2 is 2.09 bits per heavy atom. The number of fused-ring (bicyclic) bond motifs is 1. The third-order valence-electron chi connectivity index (χ3n) is 3.69. The molecule has 3 rings (SSSR count). The molecular formula is C13H18N6O4. The van der Waals surface area contributed by atoms with E-state index in [9.17, 15) is 15.0 Å². The molecule has 4 N–H and O–H groups in total. The maximum Gasteiger partial charge on any atom is 0.178 e. The second kappa shape index (κ2) is 5.81. The van der Waals surface area contributed by atoms with Crippen LogP contribution in [0, 0.1) is 0 Å². The molecule has 0 saturated carbocycles. The number of hydrogen-bond donors (Lipinski definition) is 3. The maximum atomic E-state index is 12.1. The summed E-state index contributed by atoms with van der Waals surface area (Å²) in [6, 6.07) is 0. The van der Waals surface area contributed by atoms with Crippen LogP contribution >= 0.6 is 0 Å². The monoisotopic (exact) mass is 322 g/mol. The quantitative estimate of drug-likeness (QED) is 0.592. The second-order valence-corrected chi connectivity index (χ2v) is 5.72. The summed E-state index contributed by atoms with van der Waals surface area (Å²) in [5.74, 6) is -0.121. The molecule has 1 saturated heterocycles. The van der Waals surface area contributed by atoms with Crippen molar-refractivity contribution in [2.75, 3.05) is 26.4 Å². The lowest BCUT2D eigenvalue weighted by atomic mass is 10.1. The van der Waals surface area contributed by atoms with E-state index >= 15 is 0 Å². The first-order chi connectivity index (χ1) is 10.9. The molecule has 2 aromatic heterocycles. The number of aromatic nitrogens is 4. The molecule has 124 valence electrons. The highest BCUT2D eigenvalue weighted by molar-refractivity contribution is 5.86. The molecule has 0 unspecified atom stereocenters. The lowest BCUT2D eigenvalue weighted by Crippen LogP contribution is -2.40. The Balaban J connectivity index is 1.91. The number of Topliss-reactive ketones (excluding diaryl/α,β-unsaturated/α-hetero) is 1. The molecule has 1 aliphatic heterocycles. The molecule has 0 aromatic carbocycles. The third-order valence-corrected chi connectivity index (χ3v) is 3.69. The molecule has 0 bridgehead atoms. The van der Waals surface area contributed by atoms with Crippen LogP contribution in [-0.2, 0) is 9.53 Å². The topological polar surface area (TPSA) is 140 Å². The summed E-state index contributed by atoms with van der Waals surface area (Å²) in [5, 5.41) is 20.4. The average Bonchev–Trinajstić information content (AvgIpc) is 3.02. The minimum Gasteiger partial charge on any atom is -0.387 e. The van der Waals surface area contributed by atoms with Crippen molar-refractivity contribution in [2.45, 2.75) is 24.5 Å². The Kier molecular flexibility index (Phi) is 3.98. The van der Waals surface area contributed by atoms with Crippen LogP contribution in [0.25, 0.3) is 11.2 Å². The van der Waals surface area contributed by atoms with E-state index in [1.807, 2.05) is 0 Å². The number of carbonyl (C=O) groups is 1. The summed E-state index contributed by atoms with van der Waals surface area (Å²) < 4.78 is 7.02. The standard InChI is InChI=1S/C13H18N6O4/c1-18(2)3-6(20)10-8(21)9(22)13(23-10)19-5-17-7-11(14)15-4-16-12(7)19/h4-5,8-10,13,21-22H,3H2,1-2H3,(H2,14,15,16)/t8-,9+,10+,13+/m0/s1. The summed E-state index contributed by atoms with van der Waals surface area (Å²) in [5.41, 5.74) is 6.44. The smallest absolute Gasteiger partial charge is 0.178 e. The van der Waals surface area contributed by atoms with E-state index in [-0.39, 0.29) is 18.1 Å². The van der Waals surface area contributed by atoms with Crippen LogP contribution in [0.5, 0.6) is 0 Å². The number of ketones is 1. The van der Waals surface area contributed by atoms with Gasteiger partial charge in [0, 0.05) is 0 Å². The largest absolute Gasteiger partial charge is 0.387 e. The first-order valence-electron chi connectivity index (χ1n) is 7.02. The molecule has 4 atom stereocenters. The lowest BCUT2D eigenvalue weighted by Gasteiger charge is -2.16. The zero-order valence-corrected chi connectivity index (χ0v) is 12.7. The third kappa shape index (κ3) is 2.65. The highest BCUT2D eigenvalue weighted by Gasteiger charge is 2.47. The van der Waals surface area contributed by atoms with Gasteiger partial charge in [-0.1, -0.05) is 0 Å². The van der Waals surface area contributed by atoms with E-state index in [1.165, 1.54) is 17.2 Å². The van der Waals surface area contributed by atoms with Gasteiger partial charge in [0.05, 0.1) is 12.9 Å². The van der Waals surface area contributed by atoms with Gasteiger partial charge < -0.3 is 25.6 Å². The number of ether oxygens (including phenoxy) is 1. The van der Waals surface area contributed by atoms with Crippen LogP contribution in [0.2, 0.25) is 0 Å². The highest BCUT2D eigenvalue weighted by atomic mass is 16.6. The summed E-state index contributed by atoms with van der Waals surface area (Å²) in [6.07, 6.45) is -2.07. The van der Waals surface area contributed by atoms with Gasteiger partial charge in [0.25, 0.3) is 0 Å². The van der Waals surface area contributed by atoms with Crippen LogP contribution < -0.4 is 5.73 Å². The van der Waals surface area contributed by atoms with Gasteiger partial charge in [-0.2, -0.15) is 0 Å². The number of aliphatic hydroxyl groups excluding tert-OH is 2. The van der Waals surface area contributed by atoms with Crippen molar-refractivity contribution in [3.63, 3.8) is 0 Å². The summed E-state index contributed by atoms with van der Waals surface area (Å²) >= 11 is 0. The molecule has 10 nitrogen and oxygen atoms in total. The van der Waals surface area contributed by atoms with Gasteiger partial charge in [-0.15, -0.1) is 0 Å². The van der Waals surface area contributed by atoms with E-state index in [4.69, 9.17) is 10.5 Å². The Morgan fingerprint density at radius 1 is 1.35 bits per heavy atom. The van der Waals surface area contributed by atoms with Crippen molar-refractivity contribution in [3.8, 4) is 0 Å². The Hall–Kier alpha value is -2.14. The SMILES string of the molecule is CN(C)CC(=O)[C@H]1O[C@@H](n2cnc3c(N)ncnc32)[C@H](O)[C@@H]1O. The fraction of sp³-hybridized carbons (Fsp3) is 0.538. The number of aliphatic hydroxyl groups is 2. The summed E-state index contributed by atoms with van der Waals surface area (Å²) in [7, 11) is 3.46. The van der Waals surface area contributed by atoms with Gasteiger partial charge in [0.1, 0.15) is 30.2 Å². The summed E-state index contributed by atoms with van der Waals surface area (Å²) in [6.45, 7) is 0.0982. The zero-order valence-electron chi connectivity index (χ0n) is 12.7. The van der Waals surface area contributed by atoms with Crippen molar-refractivity contribution in [3.05, 3.63) is 12.7 Å². The molecule has 0 radical (unpaired) electrons. The first-order valence-corrected chi connectivity index (χ1v) is 7.02. The Bertz CT molecular complexity index is 732. The summed E-state index contributed by atoms with van der Waals surface area (Å²) in [4.78, 5) is 25.8. The molecule has 1 fully saturated rings. The molecule has 0 aliphatic carbocycles. The minimum atomic E-state index is -1.33. The average molecular weight is 322 g/mol. The van der Waals surface area contributed by atoms with E-state index in [1.54, 1.807) is 19.0 Å². The molecule has 23 heavy (non-hydrogen) atoms. The van der Waals surface area contributed by atoms with Crippen LogP contribution in [0.4, 0.5) is 5.82 Å². The van der Waals surface area contributed by atoms with Crippen LogP contribution in [-0.4, -0.2) is 79.4 Å². The number of hydrogen-bond acceptors (Lipinski definition) is 9. The molecule has 2 aromatic rings. The Morgan fingerprint density at radius 3 is 2.78 bits per heavy atom. The van der Waals surface area contributed by atoms with Crippen LogP contribution in [0.15, 0.2) is 12.7 Å². The number of carbonyl (C=O) groups excluding carboxylic acids is 1. The number of likely N-dealkylation sites (N-methyl/N-ethyl adjacent to an activating group) is 1. The van der Waals surface area contributed by atoms with E-state index in [0.717, 1.165) is 0 Å². The number of rotatable bonds is 4. The van der Waals surface area contributed by atoms with Crippen molar-refractivity contribution in [1.82, 2.24) is 24.4 Å². The maximum absolute atomic E-state index is 12.1. The van der Waals surface area contributed by atoms with E-state index < -0.39 is 24.5 Å². The lowest BCUT2D eigenvalue weighted by molar-refractivity contribution is -0.135. The molecular weight excluding hydrogens is 304 g/mol. The number of imidazole rings is 1. The van der Waals surface area contributed by atoms with Crippen LogP contribution in [0.3, 0.4) is 0 Å². The van der Waals surface area contributed by atoms with E-state index in [0.29, 0.717) is 11.2 Å². The number of nitrogen functional groups attached to an aromatic ring is 1. The fourth-order valence-corrected chi connectivity index (χ4v) is 2.61. The predicted molar refractivity (Wildman–Crippen MR) is 79.2 cm³/mol. The van der Waals surface area contributed by atoms with Crippen molar-refractivity contribution >= 4 is 22.8 Å². The number of anilines is 1. The second-order valence-electron chi connectivity index (χ2n) is 5.72. The van der Waals surface area contributed by atoms with Gasteiger partial charge in [0.15, 0.2) is 23.5 Å². The molecule has 10 heteroatoms. The zero-order chi connectivity index (χ0) is 16.7. The molecule has 3 heterocycles. The minimum absolute atomic E-state index is 0.0982. The van der Waals surface area contributed by atoms with Crippen molar-refractivity contribution in [1.29, 1.82) is 0 Å². The van der Waals surface area contributed by atoms with E-state index in [2.05, 4.69) is 15.0 Å². The van der Waals surface area contributed by atoms with Gasteiger partial charge in [0.2, 0.25) is 0 Å². The highest BCUT2D eigenvalue weighted by Crippen LogP contribution is 2.32. The molecule has 1 aliphatic rings. The first kappa shape index (κ1) is 15.7.